The number of ether oxygens (including phenoxy) is 1. The van der Waals surface area contributed by atoms with Gasteiger partial charge in [-0.2, -0.15) is 4.98 Å². The lowest BCUT2D eigenvalue weighted by Crippen LogP contribution is -1.93. The van der Waals surface area contributed by atoms with Crippen LogP contribution in [-0.4, -0.2) is 14.9 Å². The molecule has 0 aliphatic rings. The molecule has 1 aromatic carbocycles. The molecule has 92 valence electrons. The molecule has 1 heterocycles. The number of nitrogens with zero attached hydrogens (tertiary/aromatic N) is 3. The molecule has 2 rings (SSSR count). The molecule has 18 heavy (non-hydrogen) atoms. The first-order valence-electron chi connectivity index (χ1n) is 4.98. The zero-order chi connectivity index (χ0) is 13.1. The van der Waals surface area contributed by atoms with Gasteiger partial charge in [0.1, 0.15) is 5.75 Å². The molecule has 0 bridgehead atoms. The molecular weight excluding hydrogens is 258 g/mol. The van der Waals surface area contributed by atoms with Crippen molar-refractivity contribution in [2.24, 2.45) is 0 Å². The lowest BCUT2D eigenvalue weighted by Gasteiger charge is -2.05. The van der Waals surface area contributed by atoms with Crippen LogP contribution in [0.15, 0.2) is 30.3 Å². The number of nitro groups is 1. The van der Waals surface area contributed by atoms with Crippen molar-refractivity contribution in [3.05, 3.63) is 51.4 Å². The summed E-state index contributed by atoms with van der Waals surface area (Å²) in [5.74, 6) is 0.561. The highest BCUT2D eigenvalue weighted by Crippen LogP contribution is 2.24. The maximum absolute atomic E-state index is 10.6. The summed E-state index contributed by atoms with van der Waals surface area (Å²) in [6.45, 7) is 1.74. The Labute approximate surface area is 107 Å². The molecule has 0 spiro atoms. The van der Waals surface area contributed by atoms with Crippen molar-refractivity contribution in [2.45, 2.75) is 6.92 Å². The zero-order valence-electron chi connectivity index (χ0n) is 9.33. The minimum atomic E-state index is -0.495. The Kier molecular flexibility index (Phi) is 3.38. The highest BCUT2D eigenvalue weighted by atomic mass is 35.5. The van der Waals surface area contributed by atoms with E-state index in [-0.39, 0.29) is 16.9 Å². The minimum Gasteiger partial charge on any atom is -0.439 e. The molecule has 0 N–H and O–H groups in total. The Morgan fingerprint density at radius 2 is 2.11 bits per heavy atom. The number of halogens is 1. The van der Waals surface area contributed by atoms with E-state index >= 15 is 0 Å². The molecule has 7 heteroatoms. The van der Waals surface area contributed by atoms with Crippen molar-refractivity contribution in [3.8, 4) is 11.6 Å². The number of aromatic nitrogens is 2. The standard InChI is InChI=1S/C11H8ClN3O3/c1-7-5-10(14-11(12)13-7)18-9-4-2-3-8(6-9)15(16)17/h2-6H,1H3. The summed E-state index contributed by atoms with van der Waals surface area (Å²) < 4.78 is 5.39. The largest absolute Gasteiger partial charge is 0.439 e. The van der Waals surface area contributed by atoms with Gasteiger partial charge in [-0.25, -0.2) is 4.98 Å². The zero-order valence-corrected chi connectivity index (χ0v) is 10.1. The molecule has 0 radical (unpaired) electrons. The quantitative estimate of drug-likeness (QED) is 0.484. The van der Waals surface area contributed by atoms with Crippen molar-refractivity contribution >= 4 is 17.3 Å². The first-order valence-corrected chi connectivity index (χ1v) is 5.36. The molecule has 0 saturated heterocycles. The topological polar surface area (TPSA) is 78.2 Å². The summed E-state index contributed by atoms with van der Waals surface area (Å²) in [5, 5.41) is 10.7. The molecule has 2 aromatic rings. The first kappa shape index (κ1) is 12.3. The Bertz CT molecular complexity index is 584. The number of hydrogen-bond acceptors (Lipinski definition) is 5. The third-order valence-corrected chi connectivity index (χ3v) is 2.22. The molecule has 0 aliphatic carbocycles. The van der Waals surface area contributed by atoms with Gasteiger partial charge in [-0.05, 0) is 24.6 Å². The maximum Gasteiger partial charge on any atom is 0.273 e. The fourth-order valence-electron chi connectivity index (χ4n) is 1.34. The summed E-state index contributed by atoms with van der Waals surface area (Å²) >= 11 is 5.69. The van der Waals surface area contributed by atoms with Crippen molar-refractivity contribution in [1.82, 2.24) is 9.97 Å². The number of nitro benzene ring substituents is 1. The van der Waals surface area contributed by atoms with E-state index < -0.39 is 4.92 Å². The Hall–Kier alpha value is -2.21. The van der Waals surface area contributed by atoms with Crippen molar-refractivity contribution < 1.29 is 9.66 Å². The molecule has 0 unspecified atom stereocenters. The summed E-state index contributed by atoms with van der Waals surface area (Å²) in [4.78, 5) is 17.9. The highest BCUT2D eigenvalue weighted by molar-refractivity contribution is 6.28. The van der Waals surface area contributed by atoms with Gasteiger partial charge in [0.25, 0.3) is 5.69 Å². The van der Waals surface area contributed by atoms with Gasteiger partial charge in [-0.3, -0.25) is 10.1 Å². The van der Waals surface area contributed by atoms with Gasteiger partial charge in [0, 0.05) is 17.8 Å². The average Bonchev–Trinajstić information content (AvgIpc) is 2.27. The van der Waals surface area contributed by atoms with Crippen molar-refractivity contribution in [1.29, 1.82) is 0 Å². The van der Waals surface area contributed by atoms with Crippen LogP contribution in [0.25, 0.3) is 0 Å². The van der Waals surface area contributed by atoms with Gasteiger partial charge in [0.2, 0.25) is 11.2 Å². The molecule has 0 fully saturated rings. The van der Waals surface area contributed by atoms with E-state index in [4.69, 9.17) is 16.3 Å². The van der Waals surface area contributed by atoms with Crippen LogP contribution in [0.2, 0.25) is 5.28 Å². The molecule has 1 aromatic heterocycles. The van der Waals surface area contributed by atoms with Crippen molar-refractivity contribution in [2.75, 3.05) is 0 Å². The number of hydrogen-bond donors (Lipinski definition) is 0. The van der Waals surface area contributed by atoms with Crippen LogP contribution in [0.4, 0.5) is 5.69 Å². The smallest absolute Gasteiger partial charge is 0.273 e. The van der Waals surface area contributed by atoms with Crippen LogP contribution in [0, 0.1) is 17.0 Å². The van der Waals surface area contributed by atoms with Gasteiger partial charge < -0.3 is 4.74 Å². The van der Waals surface area contributed by atoms with E-state index in [0.717, 1.165) is 0 Å². The fourth-order valence-corrected chi connectivity index (χ4v) is 1.55. The van der Waals surface area contributed by atoms with Crippen LogP contribution < -0.4 is 4.74 Å². The van der Waals surface area contributed by atoms with Crippen LogP contribution in [-0.2, 0) is 0 Å². The van der Waals surface area contributed by atoms with Gasteiger partial charge in [-0.1, -0.05) is 6.07 Å². The van der Waals surface area contributed by atoms with Crippen LogP contribution in [0.5, 0.6) is 11.6 Å². The number of benzene rings is 1. The number of non-ortho nitro benzene ring substituents is 1. The third-order valence-electron chi connectivity index (χ3n) is 2.05. The van der Waals surface area contributed by atoms with E-state index in [1.165, 1.54) is 18.2 Å². The van der Waals surface area contributed by atoms with E-state index in [1.54, 1.807) is 19.1 Å². The second-order valence-corrected chi connectivity index (χ2v) is 3.81. The molecule has 0 atom stereocenters. The Morgan fingerprint density at radius 3 is 2.78 bits per heavy atom. The molecule has 6 nitrogen and oxygen atoms in total. The number of rotatable bonds is 3. The predicted octanol–water partition coefficient (Wildman–Crippen LogP) is 3.14. The SMILES string of the molecule is Cc1cc(Oc2cccc([N+](=O)[O-])c2)nc(Cl)n1. The molecule has 0 aliphatic heterocycles. The lowest BCUT2D eigenvalue weighted by molar-refractivity contribution is -0.384. The summed E-state index contributed by atoms with van der Waals surface area (Å²) in [5.41, 5.74) is 0.597. The normalized spacial score (nSPS) is 10.1. The monoisotopic (exact) mass is 265 g/mol. The van der Waals surface area contributed by atoms with Crippen LogP contribution in [0.3, 0.4) is 0 Å². The van der Waals surface area contributed by atoms with Gasteiger partial charge in [-0.15, -0.1) is 0 Å². The molecular formula is C11H8ClN3O3. The summed E-state index contributed by atoms with van der Waals surface area (Å²) in [7, 11) is 0. The molecule has 0 saturated carbocycles. The molecule has 0 amide bonds. The Balaban J connectivity index is 2.28. The van der Waals surface area contributed by atoms with E-state index in [1.807, 2.05) is 0 Å². The van der Waals surface area contributed by atoms with E-state index in [9.17, 15) is 10.1 Å². The maximum atomic E-state index is 10.6. The highest BCUT2D eigenvalue weighted by Gasteiger charge is 2.08. The average molecular weight is 266 g/mol. The summed E-state index contributed by atoms with van der Waals surface area (Å²) in [6.07, 6.45) is 0. The second kappa shape index (κ2) is 4.97. The third kappa shape index (κ3) is 2.92. The van der Waals surface area contributed by atoms with E-state index in [2.05, 4.69) is 9.97 Å². The minimum absolute atomic E-state index is 0.0515. The van der Waals surface area contributed by atoms with Crippen LogP contribution in [0.1, 0.15) is 5.69 Å². The number of aryl methyl sites for hydroxylation is 1. The first-order chi connectivity index (χ1) is 8.54. The summed E-state index contributed by atoms with van der Waals surface area (Å²) in [6, 6.07) is 7.41. The van der Waals surface area contributed by atoms with E-state index in [0.29, 0.717) is 11.4 Å². The van der Waals surface area contributed by atoms with Crippen molar-refractivity contribution in [3.63, 3.8) is 0 Å². The van der Waals surface area contributed by atoms with Gasteiger partial charge in [0.15, 0.2) is 0 Å². The Morgan fingerprint density at radius 1 is 1.33 bits per heavy atom. The lowest BCUT2D eigenvalue weighted by atomic mass is 10.3. The van der Waals surface area contributed by atoms with Crippen LogP contribution >= 0.6 is 11.6 Å². The fraction of sp³-hybridized carbons (Fsp3) is 0.0909. The predicted molar refractivity (Wildman–Crippen MR) is 64.9 cm³/mol. The second-order valence-electron chi connectivity index (χ2n) is 3.47. The van der Waals surface area contributed by atoms with Gasteiger partial charge in [0.05, 0.1) is 11.0 Å². The van der Waals surface area contributed by atoms with Gasteiger partial charge >= 0.3 is 0 Å².